The Hall–Kier alpha value is -1.78. The highest BCUT2D eigenvalue weighted by atomic mass is 16.6. The van der Waals surface area contributed by atoms with Gasteiger partial charge in [-0.15, -0.1) is 0 Å². The van der Waals surface area contributed by atoms with E-state index in [1.807, 2.05) is 6.07 Å². The molecule has 0 spiro atoms. The zero-order chi connectivity index (χ0) is 13.7. The summed E-state index contributed by atoms with van der Waals surface area (Å²) in [5.41, 5.74) is 1.71. The average molecular weight is 263 g/mol. The monoisotopic (exact) mass is 263 g/mol. The van der Waals surface area contributed by atoms with Crippen molar-refractivity contribution in [1.82, 2.24) is 0 Å². The molecule has 0 aromatic heterocycles. The lowest BCUT2D eigenvalue weighted by Crippen LogP contribution is -2.17. The molecule has 0 heterocycles. The van der Waals surface area contributed by atoms with Crippen LogP contribution in [0.4, 0.5) is 17.1 Å². The maximum Gasteiger partial charge on any atom is 0.273 e. The van der Waals surface area contributed by atoms with Gasteiger partial charge in [0.2, 0.25) is 0 Å². The molecule has 0 radical (unpaired) electrons. The fraction of sp³-hybridized carbons (Fsp3) is 0.571. The van der Waals surface area contributed by atoms with Gasteiger partial charge in [0.25, 0.3) is 5.69 Å². The normalized spacial score (nSPS) is 16.1. The molecule has 2 N–H and O–H groups in total. The Kier molecular flexibility index (Phi) is 4.60. The van der Waals surface area contributed by atoms with Crippen LogP contribution in [0.25, 0.3) is 0 Å². The predicted molar refractivity (Wildman–Crippen MR) is 77.7 cm³/mol. The molecule has 0 amide bonds. The molecule has 1 fully saturated rings. The third kappa shape index (κ3) is 3.84. The highest BCUT2D eigenvalue weighted by Gasteiger charge is 2.14. The molecule has 1 saturated carbocycles. The van der Waals surface area contributed by atoms with Gasteiger partial charge >= 0.3 is 0 Å². The third-order valence-corrected chi connectivity index (χ3v) is 3.74. The second-order valence-corrected chi connectivity index (χ2v) is 5.16. The van der Waals surface area contributed by atoms with Crippen LogP contribution in [0.3, 0.4) is 0 Å². The standard InChI is InChI=1S/C14H21N3O2/c1-15-12-7-13(9-14(8-12)17(18)19)16-10-11-5-3-2-4-6-11/h7-9,11,15-16H,2-6,10H2,1H3. The Morgan fingerprint density at radius 1 is 1.21 bits per heavy atom. The summed E-state index contributed by atoms with van der Waals surface area (Å²) in [4.78, 5) is 10.5. The number of hydrogen-bond acceptors (Lipinski definition) is 4. The second kappa shape index (κ2) is 6.41. The highest BCUT2D eigenvalue weighted by Crippen LogP contribution is 2.27. The van der Waals surface area contributed by atoms with Crippen LogP contribution in [-0.4, -0.2) is 18.5 Å². The van der Waals surface area contributed by atoms with Crippen LogP contribution in [0, 0.1) is 16.0 Å². The van der Waals surface area contributed by atoms with Gasteiger partial charge in [-0.1, -0.05) is 19.3 Å². The minimum atomic E-state index is -0.355. The lowest BCUT2D eigenvalue weighted by molar-refractivity contribution is -0.384. The van der Waals surface area contributed by atoms with E-state index in [-0.39, 0.29) is 10.6 Å². The maximum absolute atomic E-state index is 10.9. The van der Waals surface area contributed by atoms with Gasteiger partial charge in [-0.2, -0.15) is 0 Å². The summed E-state index contributed by atoms with van der Waals surface area (Å²) in [6.45, 7) is 0.907. The molecule has 0 unspecified atom stereocenters. The fourth-order valence-electron chi connectivity index (χ4n) is 2.62. The Labute approximate surface area is 113 Å². The predicted octanol–water partition coefficient (Wildman–Crippen LogP) is 3.63. The largest absolute Gasteiger partial charge is 0.388 e. The quantitative estimate of drug-likeness (QED) is 0.629. The van der Waals surface area contributed by atoms with Crippen LogP contribution < -0.4 is 10.6 Å². The van der Waals surface area contributed by atoms with Gasteiger partial charge in [0.15, 0.2) is 0 Å². The molecule has 0 bridgehead atoms. The van der Waals surface area contributed by atoms with E-state index >= 15 is 0 Å². The first-order valence-electron chi connectivity index (χ1n) is 6.90. The summed E-state index contributed by atoms with van der Waals surface area (Å²) in [7, 11) is 1.77. The smallest absolute Gasteiger partial charge is 0.273 e. The van der Waals surface area contributed by atoms with Crippen molar-refractivity contribution in [3.05, 3.63) is 28.3 Å². The van der Waals surface area contributed by atoms with Crippen molar-refractivity contribution in [2.45, 2.75) is 32.1 Å². The van der Waals surface area contributed by atoms with Crippen LogP contribution in [0.1, 0.15) is 32.1 Å². The molecular formula is C14H21N3O2. The van der Waals surface area contributed by atoms with Crippen LogP contribution >= 0.6 is 0 Å². The van der Waals surface area contributed by atoms with Gasteiger partial charge in [0.05, 0.1) is 4.92 Å². The molecule has 1 aromatic carbocycles. The van der Waals surface area contributed by atoms with Crippen molar-refractivity contribution in [2.75, 3.05) is 24.2 Å². The molecule has 104 valence electrons. The number of nitrogens with one attached hydrogen (secondary N) is 2. The number of hydrogen-bond donors (Lipinski definition) is 2. The molecule has 19 heavy (non-hydrogen) atoms. The number of non-ortho nitro benzene ring substituents is 1. The molecule has 5 nitrogen and oxygen atoms in total. The van der Waals surface area contributed by atoms with Crippen molar-refractivity contribution in [3.63, 3.8) is 0 Å². The van der Waals surface area contributed by atoms with Gasteiger partial charge in [-0.25, -0.2) is 0 Å². The Morgan fingerprint density at radius 2 is 1.89 bits per heavy atom. The lowest BCUT2D eigenvalue weighted by atomic mass is 9.89. The van der Waals surface area contributed by atoms with Crippen LogP contribution in [0.15, 0.2) is 18.2 Å². The number of nitro benzene ring substituents is 1. The van der Waals surface area contributed by atoms with E-state index in [0.717, 1.165) is 17.9 Å². The van der Waals surface area contributed by atoms with Gasteiger partial charge < -0.3 is 10.6 Å². The molecule has 2 rings (SSSR count). The number of nitrogens with zero attached hydrogens (tertiary/aromatic N) is 1. The molecule has 0 saturated heterocycles. The topological polar surface area (TPSA) is 67.2 Å². The van der Waals surface area contributed by atoms with Gasteiger partial charge in [0, 0.05) is 37.1 Å². The highest BCUT2D eigenvalue weighted by molar-refractivity contribution is 5.63. The zero-order valence-corrected chi connectivity index (χ0v) is 11.3. The van der Waals surface area contributed by atoms with Gasteiger partial charge in [-0.3, -0.25) is 10.1 Å². The minimum Gasteiger partial charge on any atom is -0.388 e. The fourth-order valence-corrected chi connectivity index (χ4v) is 2.62. The molecule has 1 aromatic rings. The SMILES string of the molecule is CNc1cc(NCC2CCCCC2)cc([N+](=O)[O-])c1. The molecule has 1 aliphatic rings. The van der Waals surface area contributed by atoms with Crippen LogP contribution in [0.2, 0.25) is 0 Å². The zero-order valence-electron chi connectivity index (χ0n) is 11.3. The summed E-state index contributed by atoms with van der Waals surface area (Å²) in [5, 5.41) is 17.2. The summed E-state index contributed by atoms with van der Waals surface area (Å²) < 4.78 is 0. The van der Waals surface area contributed by atoms with Crippen molar-refractivity contribution >= 4 is 17.1 Å². The van der Waals surface area contributed by atoms with Crippen LogP contribution in [-0.2, 0) is 0 Å². The van der Waals surface area contributed by atoms with Gasteiger partial charge in [-0.05, 0) is 24.8 Å². The molecule has 0 aliphatic heterocycles. The third-order valence-electron chi connectivity index (χ3n) is 3.74. The Bertz CT molecular complexity index is 442. The van der Waals surface area contributed by atoms with E-state index in [4.69, 9.17) is 0 Å². The van der Waals surface area contributed by atoms with Crippen LogP contribution in [0.5, 0.6) is 0 Å². The van der Waals surface area contributed by atoms with E-state index in [9.17, 15) is 10.1 Å². The van der Waals surface area contributed by atoms with Crippen molar-refractivity contribution in [1.29, 1.82) is 0 Å². The summed E-state index contributed by atoms with van der Waals surface area (Å²) in [6.07, 6.45) is 6.49. The number of rotatable bonds is 5. The molecular weight excluding hydrogens is 242 g/mol. The van der Waals surface area contributed by atoms with E-state index in [1.165, 1.54) is 32.1 Å². The first kappa shape index (κ1) is 13.6. The van der Waals surface area contributed by atoms with Crippen molar-refractivity contribution in [2.24, 2.45) is 5.92 Å². The van der Waals surface area contributed by atoms with E-state index in [2.05, 4.69) is 10.6 Å². The second-order valence-electron chi connectivity index (χ2n) is 5.16. The lowest BCUT2D eigenvalue weighted by Gasteiger charge is -2.22. The average Bonchev–Trinajstić information content (AvgIpc) is 2.45. The number of nitro groups is 1. The van der Waals surface area contributed by atoms with Crippen molar-refractivity contribution in [3.8, 4) is 0 Å². The summed E-state index contributed by atoms with van der Waals surface area (Å²) >= 11 is 0. The summed E-state index contributed by atoms with van der Waals surface area (Å²) in [5.74, 6) is 0.700. The maximum atomic E-state index is 10.9. The molecule has 5 heteroatoms. The van der Waals surface area contributed by atoms with E-state index in [1.54, 1.807) is 19.2 Å². The molecule has 1 aliphatic carbocycles. The van der Waals surface area contributed by atoms with E-state index < -0.39 is 0 Å². The first-order chi connectivity index (χ1) is 9.19. The first-order valence-corrected chi connectivity index (χ1v) is 6.90. The van der Waals surface area contributed by atoms with E-state index in [0.29, 0.717) is 5.92 Å². The Morgan fingerprint density at radius 3 is 2.53 bits per heavy atom. The van der Waals surface area contributed by atoms with Gasteiger partial charge in [0.1, 0.15) is 0 Å². The molecule has 0 atom stereocenters. The van der Waals surface area contributed by atoms with Crippen molar-refractivity contribution < 1.29 is 4.92 Å². The Balaban J connectivity index is 2.02. The summed E-state index contributed by atoms with van der Waals surface area (Å²) in [6, 6.07) is 5.06. The number of benzene rings is 1. The number of anilines is 2. The minimum absolute atomic E-state index is 0.123.